The summed E-state index contributed by atoms with van der Waals surface area (Å²) in [6.07, 6.45) is 0. The average molecular weight is 255 g/mol. The standard InChI is InChI=1S/C13H25N3O2/c1-6-14-10(13(2,3)4)9-16-8-7-15(5)11(17)12(16)18/h10,14H,6-9H2,1-5H3. The van der Waals surface area contributed by atoms with Crippen LogP contribution in [0.25, 0.3) is 0 Å². The summed E-state index contributed by atoms with van der Waals surface area (Å²) in [6, 6.07) is 0.197. The first-order valence-electron chi connectivity index (χ1n) is 6.55. The van der Waals surface area contributed by atoms with Gasteiger partial charge in [-0.05, 0) is 12.0 Å². The molecule has 5 nitrogen and oxygen atoms in total. The zero-order chi connectivity index (χ0) is 13.9. The van der Waals surface area contributed by atoms with E-state index in [1.807, 2.05) is 0 Å². The Morgan fingerprint density at radius 2 is 1.83 bits per heavy atom. The van der Waals surface area contributed by atoms with Crippen molar-refractivity contribution in [1.82, 2.24) is 15.1 Å². The Balaban J connectivity index is 2.70. The minimum atomic E-state index is -0.398. The van der Waals surface area contributed by atoms with Crippen LogP contribution in [0.4, 0.5) is 0 Å². The van der Waals surface area contributed by atoms with E-state index in [1.165, 1.54) is 4.90 Å². The molecule has 1 aliphatic rings. The lowest BCUT2D eigenvalue weighted by molar-refractivity contribution is -0.155. The number of likely N-dealkylation sites (N-methyl/N-ethyl adjacent to an activating group) is 2. The Morgan fingerprint density at radius 1 is 1.22 bits per heavy atom. The summed E-state index contributed by atoms with van der Waals surface area (Å²) in [7, 11) is 1.67. The predicted molar refractivity (Wildman–Crippen MR) is 71.1 cm³/mol. The highest BCUT2D eigenvalue weighted by Gasteiger charge is 2.34. The van der Waals surface area contributed by atoms with E-state index in [-0.39, 0.29) is 17.4 Å². The number of piperazine rings is 1. The van der Waals surface area contributed by atoms with Gasteiger partial charge in [-0.2, -0.15) is 0 Å². The van der Waals surface area contributed by atoms with E-state index in [0.29, 0.717) is 19.6 Å². The molecule has 18 heavy (non-hydrogen) atoms. The number of hydrogen-bond donors (Lipinski definition) is 1. The second kappa shape index (κ2) is 5.69. The van der Waals surface area contributed by atoms with Crippen LogP contribution in [0.1, 0.15) is 27.7 Å². The number of nitrogens with zero attached hydrogens (tertiary/aromatic N) is 2. The molecule has 104 valence electrons. The molecule has 2 amide bonds. The van der Waals surface area contributed by atoms with E-state index in [0.717, 1.165) is 6.54 Å². The fraction of sp³-hybridized carbons (Fsp3) is 0.846. The van der Waals surface area contributed by atoms with Crippen molar-refractivity contribution >= 4 is 11.8 Å². The van der Waals surface area contributed by atoms with Crippen molar-refractivity contribution in [3.63, 3.8) is 0 Å². The molecule has 1 N–H and O–H groups in total. The molecular weight excluding hydrogens is 230 g/mol. The van der Waals surface area contributed by atoms with Gasteiger partial charge in [0.25, 0.3) is 0 Å². The summed E-state index contributed by atoms with van der Waals surface area (Å²) in [5, 5.41) is 3.40. The van der Waals surface area contributed by atoms with Gasteiger partial charge < -0.3 is 15.1 Å². The minimum absolute atomic E-state index is 0.0582. The van der Waals surface area contributed by atoms with E-state index in [2.05, 4.69) is 33.0 Å². The Hall–Kier alpha value is -1.10. The molecule has 1 atom stereocenters. The van der Waals surface area contributed by atoms with Gasteiger partial charge in [-0.15, -0.1) is 0 Å². The largest absolute Gasteiger partial charge is 0.336 e. The van der Waals surface area contributed by atoms with Crippen LogP contribution < -0.4 is 5.32 Å². The maximum atomic E-state index is 11.9. The Bertz CT molecular complexity index is 323. The molecule has 0 aliphatic carbocycles. The highest BCUT2D eigenvalue weighted by Crippen LogP contribution is 2.20. The topological polar surface area (TPSA) is 52.6 Å². The fourth-order valence-corrected chi connectivity index (χ4v) is 2.06. The summed E-state index contributed by atoms with van der Waals surface area (Å²) in [5.41, 5.74) is 0.0582. The second-order valence-corrected chi connectivity index (χ2v) is 5.95. The Kier molecular flexibility index (Phi) is 4.73. The predicted octanol–water partition coefficient (Wildman–Crippen LogP) is 0.311. The number of carbonyl (C=O) groups is 2. The summed E-state index contributed by atoms with van der Waals surface area (Å²) >= 11 is 0. The first-order chi connectivity index (χ1) is 8.27. The number of nitrogens with one attached hydrogen (secondary N) is 1. The van der Waals surface area contributed by atoms with Crippen molar-refractivity contribution in [2.45, 2.75) is 33.7 Å². The first kappa shape index (κ1) is 15.0. The van der Waals surface area contributed by atoms with E-state index in [1.54, 1.807) is 11.9 Å². The normalized spacial score (nSPS) is 19.4. The van der Waals surface area contributed by atoms with E-state index in [4.69, 9.17) is 0 Å². The maximum Gasteiger partial charge on any atom is 0.312 e. The molecule has 5 heteroatoms. The van der Waals surface area contributed by atoms with Crippen LogP contribution in [-0.2, 0) is 9.59 Å². The molecule has 0 radical (unpaired) electrons. The fourth-order valence-electron chi connectivity index (χ4n) is 2.06. The van der Waals surface area contributed by atoms with Crippen LogP contribution in [0, 0.1) is 5.41 Å². The van der Waals surface area contributed by atoms with Crippen molar-refractivity contribution in [3.05, 3.63) is 0 Å². The summed E-state index contributed by atoms with van der Waals surface area (Å²) in [4.78, 5) is 26.7. The number of carbonyl (C=O) groups excluding carboxylic acids is 2. The Morgan fingerprint density at radius 3 is 2.33 bits per heavy atom. The SMILES string of the molecule is CCNC(CN1CCN(C)C(=O)C1=O)C(C)(C)C. The molecule has 0 aromatic heterocycles. The highest BCUT2D eigenvalue weighted by molar-refractivity contribution is 6.35. The van der Waals surface area contributed by atoms with Crippen molar-refractivity contribution in [2.75, 3.05) is 33.2 Å². The molecule has 1 aliphatic heterocycles. The molecule has 0 spiro atoms. The van der Waals surface area contributed by atoms with Gasteiger partial charge in [0.05, 0.1) is 0 Å². The van der Waals surface area contributed by atoms with Gasteiger partial charge in [-0.25, -0.2) is 0 Å². The van der Waals surface area contributed by atoms with Gasteiger partial charge in [0, 0.05) is 32.7 Å². The molecule has 0 aromatic carbocycles. The lowest BCUT2D eigenvalue weighted by Gasteiger charge is -2.38. The van der Waals surface area contributed by atoms with Crippen LogP contribution in [0.3, 0.4) is 0 Å². The third kappa shape index (κ3) is 3.45. The zero-order valence-electron chi connectivity index (χ0n) is 12.1. The van der Waals surface area contributed by atoms with Crippen molar-refractivity contribution in [3.8, 4) is 0 Å². The van der Waals surface area contributed by atoms with Crippen LogP contribution >= 0.6 is 0 Å². The second-order valence-electron chi connectivity index (χ2n) is 5.95. The quantitative estimate of drug-likeness (QED) is 0.736. The van der Waals surface area contributed by atoms with Crippen LogP contribution in [0.5, 0.6) is 0 Å². The zero-order valence-corrected chi connectivity index (χ0v) is 12.1. The molecule has 1 fully saturated rings. The van der Waals surface area contributed by atoms with Crippen LogP contribution in [0.2, 0.25) is 0 Å². The Labute approximate surface area is 110 Å². The van der Waals surface area contributed by atoms with Gasteiger partial charge >= 0.3 is 11.8 Å². The third-order valence-electron chi connectivity index (χ3n) is 3.42. The number of amides is 2. The van der Waals surface area contributed by atoms with Crippen LogP contribution in [-0.4, -0.2) is 60.9 Å². The summed E-state index contributed by atoms with van der Waals surface area (Å²) < 4.78 is 0. The van der Waals surface area contributed by atoms with Gasteiger partial charge in [0.2, 0.25) is 0 Å². The van der Waals surface area contributed by atoms with Crippen molar-refractivity contribution in [1.29, 1.82) is 0 Å². The van der Waals surface area contributed by atoms with E-state index >= 15 is 0 Å². The average Bonchev–Trinajstić information content (AvgIpc) is 2.27. The van der Waals surface area contributed by atoms with Gasteiger partial charge in [-0.1, -0.05) is 27.7 Å². The molecule has 1 saturated heterocycles. The lowest BCUT2D eigenvalue weighted by atomic mass is 9.86. The highest BCUT2D eigenvalue weighted by atomic mass is 16.2. The summed E-state index contributed by atoms with van der Waals surface area (Å²) in [6.45, 7) is 11.2. The minimum Gasteiger partial charge on any atom is -0.336 e. The number of rotatable bonds is 4. The maximum absolute atomic E-state index is 11.9. The number of hydrogen-bond acceptors (Lipinski definition) is 3. The molecule has 0 aromatic rings. The van der Waals surface area contributed by atoms with Crippen molar-refractivity contribution < 1.29 is 9.59 Å². The molecular formula is C13H25N3O2. The summed E-state index contributed by atoms with van der Waals surface area (Å²) in [5.74, 6) is -0.777. The van der Waals surface area contributed by atoms with Gasteiger partial charge in [0.15, 0.2) is 0 Å². The smallest absolute Gasteiger partial charge is 0.312 e. The molecule has 0 saturated carbocycles. The van der Waals surface area contributed by atoms with E-state index in [9.17, 15) is 9.59 Å². The third-order valence-corrected chi connectivity index (χ3v) is 3.42. The van der Waals surface area contributed by atoms with Gasteiger partial charge in [-0.3, -0.25) is 9.59 Å². The van der Waals surface area contributed by atoms with Crippen LogP contribution in [0.15, 0.2) is 0 Å². The molecule has 1 unspecified atom stereocenters. The monoisotopic (exact) mass is 255 g/mol. The molecule has 1 rings (SSSR count). The lowest BCUT2D eigenvalue weighted by Crippen LogP contribution is -2.57. The van der Waals surface area contributed by atoms with Crippen molar-refractivity contribution in [2.24, 2.45) is 5.41 Å². The van der Waals surface area contributed by atoms with E-state index < -0.39 is 5.91 Å². The molecule has 0 bridgehead atoms. The molecule has 1 heterocycles. The first-order valence-corrected chi connectivity index (χ1v) is 6.55. The van der Waals surface area contributed by atoms with Gasteiger partial charge in [0.1, 0.15) is 0 Å².